The minimum atomic E-state index is -0.442. The summed E-state index contributed by atoms with van der Waals surface area (Å²) in [6.07, 6.45) is 7.29. The van der Waals surface area contributed by atoms with E-state index in [0.29, 0.717) is 17.1 Å². The molecule has 0 aliphatic heterocycles. The van der Waals surface area contributed by atoms with Gasteiger partial charge in [-0.2, -0.15) is 4.98 Å². The largest absolute Gasteiger partial charge is 0.423 e. The van der Waals surface area contributed by atoms with Crippen LogP contribution in [0.3, 0.4) is 0 Å². The third kappa shape index (κ3) is 4.18. The second kappa shape index (κ2) is 7.61. The summed E-state index contributed by atoms with van der Waals surface area (Å²) in [4.78, 5) is 14.6. The summed E-state index contributed by atoms with van der Waals surface area (Å²) in [6.45, 7) is 2.97. The average molecular weight is 291 g/mol. The lowest BCUT2D eigenvalue weighted by Gasteiger charge is -2.01. The summed E-state index contributed by atoms with van der Waals surface area (Å²) in [5, 5.41) is 14.0. The van der Waals surface area contributed by atoms with E-state index in [1.54, 1.807) is 12.1 Å². The molecule has 0 atom stereocenters. The number of benzene rings is 1. The number of para-hydroxylation sites is 1. The molecule has 21 heavy (non-hydrogen) atoms. The van der Waals surface area contributed by atoms with E-state index >= 15 is 0 Å². The van der Waals surface area contributed by atoms with Gasteiger partial charge in [0, 0.05) is 12.6 Å². The summed E-state index contributed by atoms with van der Waals surface area (Å²) in [5.74, 6) is 0. The van der Waals surface area contributed by atoms with Gasteiger partial charge in [-0.25, -0.2) is 0 Å². The van der Waals surface area contributed by atoms with E-state index in [2.05, 4.69) is 17.2 Å². The first-order chi connectivity index (χ1) is 10.2. The van der Waals surface area contributed by atoms with Crippen molar-refractivity contribution in [1.29, 1.82) is 0 Å². The lowest BCUT2D eigenvalue weighted by atomic mass is 10.1. The number of hydrogen-bond donors (Lipinski definition) is 1. The molecule has 0 radical (unpaired) electrons. The van der Waals surface area contributed by atoms with Crippen LogP contribution < -0.4 is 5.32 Å². The van der Waals surface area contributed by atoms with Crippen LogP contribution in [0.25, 0.3) is 11.1 Å². The molecule has 0 unspecified atom stereocenters. The van der Waals surface area contributed by atoms with Crippen molar-refractivity contribution in [3.63, 3.8) is 0 Å². The van der Waals surface area contributed by atoms with Gasteiger partial charge in [0.25, 0.3) is 11.7 Å². The number of nitro groups is 1. The summed E-state index contributed by atoms with van der Waals surface area (Å²) in [5.41, 5.74) is 0.714. The van der Waals surface area contributed by atoms with Gasteiger partial charge in [0.05, 0.1) is 4.92 Å². The van der Waals surface area contributed by atoms with Gasteiger partial charge >= 0.3 is 0 Å². The molecule has 6 heteroatoms. The predicted molar refractivity (Wildman–Crippen MR) is 82.5 cm³/mol. The van der Waals surface area contributed by atoms with Crippen molar-refractivity contribution >= 4 is 22.8 Å². The maximum absolute atomic E-state index is 10.9. The van der Waals surface area contributed by atoms with Crippen molar-refractivity contribution < 1.29 is 9.34 Å². The molecule has 2 aromatic rings. The van der Waals surface area contributed by atoms with E-state index in [0.717, 1.165) is 13.0 Å². The summed E-state index contributed by atoms with van der Waals surface area (Å²) < 4.78 is 5.48. The maximum Gasteiger partial charge on any atom is 0.298 e. The van der Waals surface area contributed by atoms with Crippen LogP contribution in [0.2, 0.25) is 0 Å². The summed E-state index contributed by atoms with van der Waals surface area (Å²) >= 11 is 0. The standard InChI is InChI=1S/C15H21N3O3/c1-2-3-4-5-6-7-11-16-15-17-14-12(18(19)20)9-8-10-13(14)21-15/h8-10H,2-7,11H2,1H3,(H,16,17). The first kappa shape index (κ1) is 15.3. The lowest BCUT2D eigenvalue weighted by molar-refractivity contribution is -0.383. The Bertz CT molecular complexity index is 595. The molecule has 0 bridgehead atoms. The van der Waals surface area contributed by atoms with Gasteiger partial charge in [0.1, 0.15) is 0 Å². The summed E-state index contributed by atoms with van der Waals surface area (Å²) in [6, 6.07) is 5.07. The van der Waals surface area contributed by atoms with Gasteiger partial charge < -0.3 is 9.73 Å². The Labute approximate surface area is 123 Å². The number of non-ortho nitro benzene ring substituents is 1. The van der Waals surface area contributed by atoms with Crippen molar-refractivity contribution in [3.05, 3.63) is 28.3 Å². The Hall–Kier alpha value is -2.11. The molecule has 0 saturated carbocycles. The molecule has 0 spiro atoms. The van der Waals surface area contributed by atoms with E-state index in [9.17, 15) is 10.1 Å². The Morgan fingerprint density at radius 1 is 1.24 bits per heavy atom. The molecule has 0 fully saturated rings. The number of aromatic nitrogens is 1. The van der Waals surface area contributed by atoms with Gasteiger partial charge in [-0.05, 0) is 12.5 Å². The molecule has 114 valence electrons. The van der Waals surface area contributed by atoms with Crippen molar-refractivity contribution in [2.45, 2.75) is 45.4 Å². The molecule has 1 aromatic carbocycles. The molecule has 1 aromatic heterocycles. The number of unbranched alkanes of at least 4 members (excludes halogenated alkanes) is 5. The molecule has 0 aliphatic carbocycles. The predicted octanol–water partition coefficient (Wildman–Crippen LogP) is 4.51. The minimum absolute atomic E-state index is 0.0242. The zero-order valence-corrected chi connectivity index (χ0v) is 12.3. The van der Waals surface area contributed by atoms with Gasteiger partial charge in [-0.1, -0.05) is 45.1 Å². The van der Waals surface area contributed by atoms with Gasteiger partial charge in [-0.15, -0.1) is 0 Å². The highest BCUT2D eigenvalue weighted by atomic mass is 16.6. The molecule has 6 nitrogen and oxygen atoms in total. The normalized spacial score (nSPS) is 10.9. The van der Waals surface area contributed by atoms with Crippen LogP contribution in [0, 0.1) is 10.1 Å². The molecular weight excluding hydrogens is 270 g/mol. The first-order valence-corrected chi connectivity index (χ1v) is 7.50. The number of oxazole rings is 1. The molecule has 2 rings (SSSR count). The second-order valence-electron chi connectivity index (χ2n) is 5.09. The monoisotopic (exact) mass is 291 g/mol. The Morgan fingerprint density at radius 3 is 2.76 bits per heavy atom. The van der Waals surface area contributed by atoms with E-state index < -0.39 is 4.92 Å². The number of nitrogens with zero attached hydrogens (tertiary/aromatic N) is 2. The van der Waals surface area contributed by atoms with Crippen molar-refractivity contribution in [2.24, 2.45) is 0 Å². The van der Waals surface area contributed by atoms with E-state index in [4.69, 9.17) is 4.42 Å². The van der Waals surface area contributed by atoms with Gasteiger partial charge in [-0.3, -0.25) is 10.1 Å². The molecule has 1 heterocycles. The fraction of sp³-hybridized carbons (Fsp3) is 0.533. The highest BCUT2D eigenvalue weighted by molar-refractivity contribution is 5.83. The second-order valence-corrected chi connectivity index (χ2v) is 5.09. The smallest absolute Gasteiger partial charge is 0.298 e. The molecule has 0 saturated heterocycles. The number of hydrogen-bond acceptors (Lipinski definition) is 5. The maximum atomic E-state index is 10.9. The number of nitro benzene ring substituents is 1. The topological polar surface area (TPSA) is 81.2 Å². The van der Waals surface area contributed by atoms with Crippen molar-refractivity contribution in [1.82, 2.24) is 4.98 Å². The highest BCUT2D eigenvalue weighted by Gasteiger charge is 2.16. The van der Waals surface area contributed by atoms with Gasteiger partial charge in [0.15, 0.2) is 11.1 Å². The quantitative estimate of drug-likeness (QED) is 0.417. The van der Waals surface area contributed by atoms with Crippen LogP contribution in [-0.2, 0) is 0 Å². The van der Waals surface area contributed by atoms with Crippen LogP contribution in [0.4, 0.5) is 11.7 Å². The molecule has 0 amide bonds. The molecule has 1 N–H and O–H groups in total. The Morgan fingerprint density at radius 2 is 2.00 bits per heavy atom. The van der Waals surface area contributed by atoms with Crippen LogP contribution in [0.15, 0.2) is 22.6 Å². The highest BCUT2D eigenvalue weighted by Crippen LogP contribution is 2.27. The number of nitrogens with one attached hydrogen (secondary N) is 1. The fourth-order valence-corrected chi connectivity index (χ4v) is 2.26. The fourth-order valence-electron chi connectivity index (χ4n) is 2.26. The number of rotatable bonds is 9. The van der Waals surface area contributed by atoms with Crippen molar-refractivity contribution in [3.8, 4) is 0 Å². The van der Waals surface area contributed by atoms with E-state index in [1.807, 2.05) is 0 Å². The van der Waals surface area contributed by atoms with Crippen LogP contribution in [-0.4, -0.2) is 16.5 Å². The third-order valence-corrected chi connectivity index (χ3v) is 3.40. The zero-order chi connectivity index (χ0) is 15.1. The summed E-state index contributed by atoms with van der Waals surface area (Å²) in [7, 11) is 0. The Kier molecular flexibility index (Phi) is 5.54. The molecule has 0 aliphatic rings. The number of fused-ring (bicyclic) bond motifs is 1. The first-order valence-electron chi connectivity index (χ1n) is 7.50. The average Bonchev–Trinajstić information content (AvgIpc) is 2.88. The Balaban J connectivity index is 1.86. The van der Waals surface area contributed by atoms with Crippen LogP contribution >= 0.6 is 0 Å². The lowest BCUT2D eigenvalue weighted by Crippen LogP contribution is -2.01. The zero-order valence-electron chi connectivity index (χ0n) is 12.3. The van der Waals surface area contributed by atoms with E-state index in [-0.39, 0.29) is 5.69 Å². The van der Waals surface area contributed by atoms with Crippen LogP contribution in [0.5, 0.6) is 0 Å². The molecular formula is C15H21N3O3. The number of anilines is 1. The van der Waals surface area contributed by atoms with E-state index in [1.165, 1.54) is 38.2 Å². The SMILES string of the molecule is CCCCCCCCNc1nc2c([N+](=O)[O-])cccc2o1. The minimum Gasteiger partial charge on any atom is -0.423 e. The van der Waals surface area contributed by atoms with Crippen LogP contribution in [0.1, 0.15) is 45.4 Å². The third-order valence-electron chi connectivity index (χ3n) is 3.40. The van der Waals surface area contributed by atoms with Gasteiger partial charge in [0.2, 0.25) is 0 Å². The van der Waals surface area contributed by atoms with Crippen molar-refractivity contribution in [2.75, 3.05) is 11.9 Å².